The van der Waals surface area contributed by atoms with E-state index in [4.69, 9.17) is 4.74 Å². The lowest BCUT2D eigenvalue weighted by Gasteiger charge is -2.27. The third-order valence-electron chi connectivity index (χ3n) is 3.51. The van der Waals surface area contributed by atoms with Gasteiger partial charge in [-0.15, -0.1) is 0 Å². The van der Waals surface area contributed by atoms with Crippen LogP contribution in [0.15, 0.2) is 22.7 Å². The second-order valence-electron chi connectivity index (χ2n) is 5.35. The van der Waals surface area contributed by atoms with Crippen LogP contribution in [0, 0.1) is 5.92 Å². The van der Waals surface area contributed by atoms with Crippen molar-refractivity contribution in [3.63, 3.8) is 0 Å². The largest absolute Gasteiger partial charge is 0.495 e. The number of benzene rings is 1. The van der Waals surface area contributed by atoms with Gasteiger partial charge in [0, 0.05) is 17.4 Å². The summed E-state index contributed by atoms with van der Waals surface area (Å²) in [4.78, 5) is 26.2. The first kappa shape index (κ1) is 15.8. The van der Waals surface area contributed by atoms with Crippen LogP contribution in [0.5, 0.6) is 5.75 Å². The Labute approximate surface area is 132 Å². The van der Waals surface area contributed by atoms with E-state index < -0.39 is 6.04 Å². The minimum Gasteiger partial charge on any atom is -0.495 e. The van der Waals surface area contributed by atoms with Gasteiger partial charge >= 0.3 is 0 Å². The van der Waals surface area contributed by atoms with Gasteiger partial charge in [0.15, 0.2) is 0 Å². The second kappa shape index (κ2) is 6.47. The number of carbonyl (C=O) groups excluding carboxylic acids is 2. The number of anilines is 1. The molecule has 1 aliphatic rings. The van der Waals surface area contributed by atoms with Gasteiger partial charge in [-0.2, -0.15) is 0 Å². The SMILES string of the molecule is COc1ccc(Br)cc1N1CCC(=O)NC(C(C)C)C1=O. The standard InChI is InChI=1S/C15H19BrN2O3/c1-9(2)14-15(20)18(7-6-13(19)17-14)11-8-10(16)4-5-12(11)21-3/h4-5,8-9,14H,6-7H2,1-3H3,(H,17,19). The molecule has 114 valence electrons. The lowest BCUT2D eigenvalue weighted by molar-refractivity contribution is -0.126. The Balaban J connectivity index is 2.43. The van der Waals surface area contributed by atoms with Crippen LogP contribution in [0.25, 0.3) is 0 Å². The summed E-state index contributed by atoms with van der Waals surface area (Å²) in [5, 5.41) is 2.80. The minimum atomic E-state index is -0.510. The van der Waals surface area contributed by atoms with Gasteiger partial charge in [-0.3, -0.25) is 9.59 Å². The van der Waals surface area contributed by atoms with Gasteiger partial charge < -0.3 is 15.0 Å². The van der Waals surface area contributed by atoms with E-state index in [1.165, 1.54) is 0 Å². The number of methoxy groups -OCH3 is 1. The molecule has 0 aromatic heterocycles. The molecule has 0 bridgehead atoms. The highest BCUT2D eigenvalue weighted by atomic mass is 79.9. The van der Waals surface area contributed by atoms with Gasteiger partial charge in [0.2, 0.25) is 11.8 Å². The summed E-state index contributed by atoms with van der Waals surface area (Å²) in [5.74, 6) is 0.439. The van der Waals surface area contributed by atoms with E-state index in [-0.39, 0.29) is 24.2 Å². The average Bonchev–Trinajstić information content (AvgIpc) is 2.58. The molecule has 1 unspecified atom stereocenters. The zero-order chi connectivity index (χ0) is 15.6. The predicted octanol–water partition coefficient (Wildman–Crippen LogP) is 2.34. The summed E-state index contributed by atoms with van der Waals surface area (Å²) in [5.41, 5.74) is 0.680. The Bertz CT molecular complexity index is 560. The molecule has 21 heavy (non-hydrogen) atoms. The molecule has 1 aromatic rings. The Kier molecular flexibility index (Phi) is 4.88. The summed E-state index contributed by atoms with van der Waals surface area (Å²) < 4.78 is 6.20. The zero-order valence-corrected chi connectivity index (χ0v) is 13.9. The quantitative estimate of drug-likeness (QED) is 0.906. The molecule has 0 spiro atoms. The van der Waals surface area contributed by atoms with Gasteiger partial charge in [0.05, 0.1) is 12.8 Å². The third kappa shape index (κ3) is 3.37. The number of rotatable bonds is 3. The van der Waals surface area contributed by atoms with E-state index in [9.17, 15) is 9.59 Å². The molecular formula is C15H19BrN2O3. The van der Waals surface area contributed by atoms with Crippen LogP contribution in [0.4, 0.5) is 5.69 Å². The Morgan fingerprint density at radius 3 is 2.71 bits per heavy atom. The van der Waals surface area contributed by atoms with Crippen LogP contribution in [-0.4, -0.2) is 31.5 Å². The first-order chi connectivity index (χ1) is 9.93. The fraction of sp³-hybridized carbons (Fsp3) is 0.467. The maximum Gasteiger partial charge on any atom is 0.249 e. The van der Waals surface area contributed by atoms with Crippen molar-refractivity contribution < 1.29 is 14.3 Å². The maximum atomic E-state index is 12.8. The minimum absolute atomic E-state index is 0.0280. The Morgan fingerprint density at radius 2 is 2.10 bits per heavy atom. The highest BCUT2D eigenvalue weighted by Crippen LogP contribution is 2.33. The normalized spacial score (nSPS) is 19.5. The van der Waals surface area contributed by atoms with E-state index in [1.807, 2.05) is 26.0 Å². The fourth-order valence-corrected chi connectivity index (χ4v) is 2.71. The summed E-state index contributed by atoms with van der Waals surface area (Å²) in [6.07, 6.45) is 0.282. The topological polar surface area (TPSA) is 58.6 Å². The van der Waals surface area contributed by atoms with Crippen molar-refractivity contribution in [2.75, 3.05) is 18.6 Å². The Morgan fingerprint density at radius 1 is 1.38 bits per heavy atom. The van der Waals surface area contributed by atoms with Crippen LogP contribution in [0.3, 0.4) is 0 Å². The number of nitrogens with one attached hydrogen (secondary N) is 1. The van der Waals surface area contributed by atoms with E-state index in [2.05, 4.69) is 21.2 Å². The van der Waals surface area contributed by atoms with E-state index in [1.54, 1.807) is 18.1 Å². The molecule has 1 aromatic carbocycles. The molecule has 1 atom stereocenters. The monoisotopic (exact) mass is 354 g/mol. The summed E-state index contributed by atoms with van der Waals surface area (Å²) in [6, 6.07) is 4.98. The van der Waals surface area contributed by atoms with Crippen LogP contribution >= 0.6 is 15.9 Å². The molecule has 0 radical (unpaired) electrons. The van der Waals surface area contributed by atoms with Gasteiger partial charge in [0.25, 0.3) is 0 Å². The number of halogens is 1. The smallest absolute Gasteiger partial charge is 0.249 e. The van der Waals surface area contributed by atoms with Gasteiger partial charge in [-0.25, -0.2) is 0 Å². The number of hydrogen-bond acceptors (Lipinski definition) is 3. The second-order valence-corrected chi connectivity index (χ2v) is 6.26. The molecule has 1 aliphatic heterocycles. The first-order valence-corrected chi connectivity index (χ1v) is 7.67. The van der Waals surface area contributed by atoms with E-state index in [0.29, 0.717) is 18.0 Å². The lowest BCUT2D eigenvalue weighted by Crippen LogP contribution is -2.48. The van der Waals surface area contributed by atoms with E-state index >= 15 is 0 Å². The summed E-state index contributed by atoms with van der Waals surface area (Å²) in [7, 11) is 1.57. The predicted molar refractivity (Wildman–Crippen MR) is 84.4 cm³/mol. The van der Waals surface area contributed by atoms with Crippen molar-refractivity contribution in [1.82, 2.24) is 5.32 Å². The number of amides is 2. The molecule has 0 saturated carbocycles. The molecule has 0 aliphatic carbocycles. The molecule has 5 nitrogen and oxygen atoms in total. The van der Waals surface area contributed by atoms with Crippen LogP contribution in [0.2, 0.25) is 0 Å². The van der Waals surface area contributed by atoms with Gasteiger partial charge in [0.1, 0.15) is 11.8 Å². The lowest BCUT2D eigenvalue weighted by atomic mass is 10.0. The number of nitrogens with zero attached hydrogens (tertiary/aromatic N) is 1. The molecule has 2 rings (SSSR count). The highest BCUT2D eigenvalue weighted by Gasteiger charge is 2.33. The average molecular weight is 355 g/mol. The molecule has 1 fully saturated rings. The van der Waals surface area contributed by atoms with Crippen molar-refractivity contribution >= 4 is 33.4 Å². The number of hydrogen-bond donors (Lipinski definition) is 1. The van der Waals surface area contributed by atoms with Crippen molar-refractivity contribution in [3.8, 4) is 5.75 Å². The Hall–Kier alpha value is -1.56. The first-order valence-electron chi connectivity index (χ1n) is 6.88. The zero-order valence-electron chi connectivity index (χ0n) is 12.4. The molecule has 1 heterocycles. The van der Waals surface area contributed by atoms with Gasteiger partial charge in [-0.05, 0) is 24.1 Å². The van der Waals surface area contributed by atoms with Crippen molar-refractivity contribution in [2.45, 2.75) is 26.3 Å². The van der Waals surface area contributed by atoms with Crippen LogP contribution in [-0.2, 0) is 9.59 Å². The third-order valence-corrected chi connectivity index (χ3v) is 4.00. The maximum absolute atomic E-state index is 12.8. The number of carbonyl (C=O) groups is 2. The molecule has 1 saturated heterocycles. The fourth-order valence-electron chi connectivity index (χ4n) is 2.36. The van der Waals surface area contributed by atoms with Crippen molar-refractivity contribution in [2.24, 2.45) is 5.92 Å². The van der Waals surface area contributed by atoms with Crippen LogP contribution < -0.4 is 15.0 Å². The van der Waals surface area contributed by atoms with E-state index in [0.717, 1.165) is 4.47 Å². The summed E-state index contributed by atoms with van der Waals surface area (Å²) >= 11 is 3.41. The van der Waals surface area contributed by atoms with Crippen molar-refractivity contribution in [1.29, 1.82) is 0 Å². The molecular weight excluding hydrogens is 336 g/mol. The highest BCUT2D eigenvalue weighted by molar-refractivity contribution is 9.10. The van der Waals surface area contributed by atoms with Crippen molar-refractivity contribution in [3.05, 3.63) is 22.7 Å². The molecule has 1 N–H and O–H groups in total. The summed E-state index contributed by atoms with van der Waals surface area (Å²) in [6.45, 7) is 4.19. The van der Waals surface area contributed by atoms with Gasteiger partial charge in [-0.1, -0.05) is 29.8 Å². The molecule has 6 heteroatoms. The van der Waals surface area contributed by atoms with Crippen LogP contribution in [0.1, 0.15) is 20.3 Å². The molecule has 2 amide bonds. The number of ether oxygens (including phenoxy) is 1.